The van der Waals surface area contributed by atoms with Crippen molar-refractivity contribution in [1.82, 2.24) is 5.32 Å². The van der Waals surface area contributed by atoms with Crippen LogP contribution in [-0.2, 0) is 0 Å². The third-order valence-electron chi connectivity index (χ3n) is 3.18. The van der Waals surface area contributed by atoms with Gasteiger partial charge in [-0.25, -0.2) is 0 Å². The molecule has 0 heterocycles. The Labute approximate surface area is 104 Å². The lowest BCUT2D eigenvalue weighted by atomic mass is 10.00. The summed E-state index contributed by atoms with van der Waals surface area (Å²) in [5, 5.41) is 3.05. The predicted octanol–water partition coefficient (Wildman–Crippen LogP) is 3.53. The molecule has 1 atom stereocenters. The number of rotatable bonds is 4. The van der Waals surface area contributed by atoms with Gasteiger partial charge in [0.05, 0.1) is 0 Å². The summed E-state index contributed by atoms with van der Waals surface area (Å²) in [5.74, 6) is 0.0477. The van der Waals surface area contributed by atoms with Crippen LogP contribution < -0.4 is 5.32 Å². The second-order valence-electron chi connectivity index (χ2n) is 4.91. The molecule has 1 rings (SSSR count). The molecule has 0 fully saturated rings. The van der Waals surface area contributed by atoms with Crippen molar-refractivity contribution in [2.45, 2.75) is 53.5 Å². The smallest absolute Gasteiger partial charge is 0.251 e. The molecule has 0 spiro atoms. The van der Waals surface area contributed by atoms with Crippen molar-refractivity contribution in [3.63, 3.8) is 0 Å². The van der Waals surface area contributed by atoms with Gasteiger partial charge in [-0.2, -0.15) is 0 Å². The van der Waals surface area contributed by atoms with E-state index in [1.165, 1.54) is 11.1 Å². The van der Waals surface area contributed by atoms with Gasteiger partial charge in [-0.15, -0.1) is 0 Å². The van der Waals surface area contributed by atoms with E-state index in [4.69, 9.17) is 0 Å². The molecule has 0 aliphatic rings. The molecule has 0 aliphatic heterocycles. The van der Waals surface area contributed by atoms with E-state index >= 15 is 0 Å². The number of aryl methyl sites for hydroxylation is 3. The molecule has 1 N–H and O–H groups in total. The van der Waals surface area contributed by atoms with Gasteiger partial charge in [0.1, 0.15) is 0 Å². The maximum atomic E-state index is 12.1. The van der Waals surface area contributed by atoms with Crippen molar-refractivity contribution in [2.75, 3.05) is 0 Å². The standard InChI is InChI=1S/C15H23NO/c1-6-7-13(5)16-15(17)14-9-11(3)10(2)8-12(14)4/h8-9,13H,6-7H2,1-5H3,(H,16,17)/t13-/m1/s1. The molecule has 1 aromatic carbocycles. The largest absolute Gasteiger partial charge is 0.350 e. The zero-order valence-electron chi connectivity index (χ0n) is 11.6. The Hall–Kier alpha value is -1.31. The van der Waals surface area contributed by atoms with Gasteiger partial charge in [-0.3, -0.25) is 4.79 Å². The third-order valence-corrected chi connectivity index (χ3v) is 3.18. The SMILES string of the molecule is CCC[C@@H](C)NC(=O)c1cc(C)c(C)cc1C. The summed E-state index contributed by atoms with van der Waals surface area (Å²) in [6.45, 7) is 10.3. The van der Waals surface area contributed by atoms with Crippen LogP contribution in [0, 0.1) is 20.8 Å². The van der Waals surface area contributed by atoms with E-state index in [0.29, 0.717) is 0 Å². The van der Waals surface area contributed by atoms with Gasteiger partial charge in [0.25, 0.3) is 5.91 Å². The van der Waals surface area contributed by atoms with E-state index in [-0.39, 0.29) is 11.9 Å². The first-order valence-electron chi connectivity index (χ1n) is 6.34. The Bertz CT molecular complexity index is 410. The van der Waals surface area contributed by atoms with Crippen molar-refractivity contribution in [2.24, 2.45) is 0 Å². The zero-order valence-corrected chi connectivity index (χ0v) is 11.6. The lowest BCUT2D eigenvalue weighted by Gasteiger charge is -2.15. The van der Waals surface area contributed by atoms with E-state index in [1.54, 1.807) is 0 Å². The number of nitrogens with one attached hydrogen (secondary N) is 1. The Morgan fingerprint density at radius 1 is 1.18 bits per heavy atom. The Morgan fingerprint density at radius 3 is 2.35 bits per heavy atom. The minimum atomic E-state index is 0.0477. The van der Waals surface area contributed by atoms with E-state index in [1.807, 2.05) is 19.9 Å². The topological polar surface area (TPSA) is 29.1 Å². The molecule has 2 heteroatoms. The number of hydrogen-bond acceptors (Lipinski definition) is 1. The molecule has 17 heavy (non-hydrogen) atoms. The van der Waals surface area contributed by atoms with Crippen LogP contribution in [0.25, 0.3) is 0 Å². The number of carbonyl (C=O) groups excluding carboxylic acids is 1. The fourth-order valence-corrected chi connectivity index (χ4v) is 2.01. The fourth-order valence-electron chi connectivity index (χ4n) is 2.01. The van der Waals surface area contributed by atoms with E-state index in [0.717, 1.165) is 24.0 Å². The van der Waals surface area contributed by atoms with Crippen molar-refractivity contribution in [3.05, 3.63) is 34.4 Å². The average Bonchev–Trinajstić information content (AvgIpc) is 2.23. The van der Waals surface area contributed by atoms with Crippen LogP contribution >= 0.6 is 0 Å². The molecular weight excluding hydrogens is 210 g/mol. The van der Waals surface area contributed by atoms with Crippen LogP contribution in [0.15, 0.2) is 12.1 Å². The molecular formula is C15H23NO. The minimum Gasteiger partial charge on any atom is -0.350 e. The fraction of sp³-hybridized carbons (Fsp3) is 0.533. The maximum absolute atomic E-state index is 12.1. The van der Waals surface area contributed by atoms with Gasteiger partial charge in [-0.05, 0) is 56.9 Å². The van der Waals surface area contributed by atoms with Gasteiger partial charge in [0.2, 0.25) is 0 Å². The Balaban J connectivity index is 2.86. The second kappa shape index (κ2) is 5.85. The number of hydrogen-bond donors (Lipinski definition) is 1. The molecule has 0 saturated heterocycles. The molecule has 0 unspecified atom stereocenters. The van der Waals surface area contributed by atoms with Crippen LogP contribution in [0.5, 0.6) is 0 Å². The molecule has 1 amide bonds. The van der Waals surface area contributed by atoms with Gasteiger partial charge in [0, 0.05) is 11.6 Å². The first-order chi connectivity index (χ1) is 7.95. The third kappa shape index (κ3) is 3.58. The predicted molar refractivity (Wildman–Crippen MR) is 72.5 cm³/mol. The highest BCUT2D eigenvalue weighted by Crippen LogP contribution is 2.15. The summed E-state index contributed by atoms with van der Waals surface area (Å²) in [6, 6.07) is 4.31. The number of benzene rings is 1. The Kier molecular flexibility index (Phi) is 4.73. The summed E-state index contributed by atoms with van der Waals surface area (Å²) in [4.78, 5) is 12.1. The molecule has 0 saturated carbocycles. The second-order valence-corrected chi connectivity index (χ2v) is 4.91. The summed E-state index contributed by atoms with van der Waals surface area (Å²) < 4.78 is 0. The Morgan fingerprint density at radius 2 is 1.76 bits per heavy atom. The van der Waals surface area contributed by atoms with Gasteiger partial charge < -0.3 is 5.32 Å². The molecule has 0 aliphatic carbocycles. The summed E-state index contributed by atoms with van der Waals surface area (Å²) in [5.41, 5.74) is 4.26. The van der Waals surface area contributed by atoms with Crippen LogP contribution in [-0.4, -0.2) is 11.9 Å². The van der Waals surface area contributed by atoms with E-state index in [2.05, 4.69) is 32.2 Å². The first-order valence-corrected chi connectivity index (χ1v) is 6.34. The highest BCUT2D eigenvalue weighted by Gasteiger charge is 2.12. The highest BCUT2D eigenvalue weighted by molar-refractivity contribution is 5.96. The monoisotopic (exact) mass is 233 g/mol. The highest BCUT2D eigenvalue weighted by atomic mass is 16.1. The van der Waals surface area contributed by atoms with Crippen molar-refractivity contribution >= 4 is 5.91 Å². The number of amides is 1. The van der Waals surface area contributed by atoms with Crippen molar-refractivity contribution in [3.8, 4) is 0 Å². The van der Waals surface area contributed by atoms with Crippen molar-refractivity contribution < 1.29 is 4.79 Å². The quantitative estimate of drug-likeness (QED) is 0.847. The van der Waals surface area contributed by atoms with E-state index in [9.17, 15) is 4.79 Å². The zero-order chi connectivity index (χ0) is 13.0. The lowest BCUT2D eigenvalue weighted by Crippen LogP contribution is -2.32. The molecule has 94 valence electrons. The van der Waals surface area contributed by atoms with Gasteiger partial charge >= 0.3 is 0 Å². The molecule has 0 bridgehead atoms. The van der Waals surface area contributed by atoms with Crippen LogP contribution in [0.2, 0.25) is 0 Å². The van der Waals surface area contributed by atoms with Gasteiger partial charge in [0.15, 0.2) is 0 Å². The number of carbonyl (C=O) groups is 1. The lowest BCUT2D eigenvalue weighted by molar-refractivity contribution is 0.0937. The molecule has 2 nitrogen and oxygen atoms in total. The minimum absolute atomic E-state index is 0.0477. The molecule has 1 aromatic rings. The average molecular weight is 233 g/mol. The van der Waals surface area contributed by atoms with Crippen LogP contribution in [0.4, 0.5) is 0 Å². The maximum Gasteiger partial charge on any atom is 0.251 e. The summed E-state index contributed by atoms with van der Waals surface area (Å²) >= 11 is 0. The first kappa shape index (κ1) is 13.8. The molecule has 0 aromatic heterocycles. The molecule has 0 radical (unpaired) electrons. The summed E-state index contributed by atoms with van der Waals surface area (Å²) in [6.07, 6.45) is 2.11. The van der Waals surface area contributed by atoms with E-state index < -0.39 is 0 Å². The van der Waals surface area contributed by atoms with Crippen molar-refractivity contribution in [1.29, 1.82) is 0 Å². The summed E-state index contributed by atoms with van der Waals surface area (Å²) in [7, 11) is 0. The van der Waals surface area contributed by atoms with Gasteiger partial charge in [-0.1, -0.05) is 19.4 Å². The van der Waals surface area contributed by atoms with Crippen LogP contribution in [0.3, 0.4) is 0 Å². The normalized spacial score (nSPS) is 12.3. The van der Waals surface area contributed by atoms with Crippen LogP contribution in [0.1, 0.15) is 53.7 Å².